The van der Waals surface area contributed by atoms with Gasteiger partial charge in [0, 0.05) is 12.4 Å². The molecule has 0 radical (unpaired) electrons. The molecule has 0 spiro atoms. The number of hydrogen-bond acceptors (Lipinski definition) is 8. The summed E-state index contributed by atoms with van der Waals surface area (Å²) in [5, 5.41) is 2.82. The second-order valence-corrected chi connectivity index (χ2v) is 3.91. The Hall–Kier alpha value is -2.71. The summed E-state index contributed by atoms with van der Waals surface area (Å²) in [6, 6.07) is -0.590. The Labute approximate surface area is 115 Å². The number of aromatic nitrogens is 5. The molecule has 0 saturated heterocycles. The van der Waals surface area contributed by atoms with Gasteiger partial charge in [0.25, 0.3) is 0 Å². The molecule has 20 heavy (non-hydrogen) atoms. The number of carbonyl (C=O) groups excluding carboxylic acids is 1. The van der Waals surface area contributed by atoms with Gasteiger partial charge in [0.2, 0.25) is 17.8 Å². The second kappa shape index (κ2) is 5.95. The van der Waals surface area contributed by atoms with Crippen molar-refractivity contribution in [1.29, 1.82) is 0 Å². The number of esters is 1. The molecule has 9 nitrogen and oxygen atoms in total. The van der Waals surface area contributed by atoms with Crippen LogP contribution in [0.25, 0.3) is 5.95 Å². The normalized spacial score (nSPS) is 11.9. The summed E-state index contributed by atoms with van der Waals surface area (Å²) in [5.41, 5.74) is 5.62. The predicted molar refractivity (Wildman–Crippen MR) is 71.1 cm³/mol. The molecule has 0 aromatic carbocycles. The molecule has 9 heteroatoms. The number of carbonyl (C=O) groups is 1. The molecule has 1 atom stereocenters. The lowest BCUT2D eigenvalue weighted by Gasteiger charge is -2.13. The maximum absolute atomic E-state index is 11.5. The van der Waals surface area contributed by atoms with Crippen molar-refractivity contribution in [3.63, 3.8) is 0 Å². The summed E-state index contributed by atoms with van der Waals surface area (Å²) in [6.07, 6.45) is 4.80. The number of nitrogen functional groups attached to an aromatic ring is 1. The van der Waals surface area contributed by atoms with Gasteiger partial charge in [-0.05, 0) is 13.8 Å². The minimum absolute atomic E-state index is 0.0438. The molecule has 0 aliphatic carbocycles. The molecule has 2 aromatic rings. The Kier molecular flexibility index (Phi) is 4.08. The summed E-state index contributed by atoms with van der Waals surface area (Å²) in [6.45, 7) is 3.70. The number of nitrogens with zero attached hydrogens (tertiary/aromatic N) is 5. The smallest absolute Gasteiger partial charge is 0.328 e. The minimum Gasteiger partial charge on any atom is -0.464 e. The van der Waals surface area contributed by atoms with Crippen LogP contribution in [-0.4, -0.2) is 43.1 Å². The average molecular weight is 277 g/mol. The molecule has 2 rings (SSSR count). The lowest BCUT2D eigenvalue weighted by atomic mass is 10.3. The van der Waals surface area contributed by atoms with E-state index in [0.29, 0.717) is 12.6 Å². The molecular weight excluding hydrogens is 262 g/mol. The van der Waals surface area contributed by atoms with Crippen molar-refractivity contribution in [3.8, 4) is 5.95 Å². The molecule has 0 aliphatic heterocycles. The van der Waals surface area contributed by atoms with E-state index >= 15 is 0 Å². The van der Waals surface area contributed by atoms with Gasteiger partial charge in [0.15, 0.2) is 0 Å². The Bertz CT molecular complexity index is 584. The van der Waals surface area contributed by atoms with Crippen LogP contribution in [0.15, 0.2) is 18.7 Å². The van der Waals surface area contributed by atoms with Crippen LogP contribution in [0.4, 0.5) is 11.9 Å². The summed E-state index contributed by atoms with van der Waals surface area (Å²) >= 11 is 0. The van der Waals surface area contributed by atoms with E-state index in [0.717, 1.165) is 0 Å². The second-order valence-electron chi connectivity index (χ2n) is 3.91. The molecule has 0 saturated carbocycles. The third-order valence-corrected chi connectivity index (χ3v) is 2.36. The van der Waals surface area contributed by atoms with Crippen LogP contribution in [0.3, 0.4) is 0 Å². The van der Waals surface area contributed by atoms with Crippen molar-refractivity contribution in [3.05, 3.63) is 18.7 Å². The maximum Gasteiger partial charge on any atom is 0.328 e. The number of hydrogen-bond donors (Lipinski definition) is 2. The Morgan fingerprint density at radius 1 is 1.50 bits per heavy atom. The summed E-state index contributed by atoms with van der Waals surface area (Å²) < 4.78 is 6.47. The van der Waals surface area contributed by atoms with Crippen LogP contribution < -0.4 is 11.1 Å². The molecular formula is C11H15N7O2. The summed E-state index contributed by atoms with van der Waals surface area (Å²) in [7, 11) is 0. The summed E-state index contributed by atoms with van der Waals surface area (Å²) in [4.78, 5) is 27.5. The first-order chi connectivity index (χ1) is 9.60. The number of anilines is 2. The minimum atomic E-state index is -0.590. The highest BCUT2D eigenvalue weighted by molar-refractivity contribution is 5.78. The molecule has 2 heterocycles. The lowest BCUT2D eigenvalue weighted by molar-refractivity contribution is -0.143. The van der Waals surface area contributed by atoms with E-state index in [1.807, 2.05) is 0 Å². The molecule has 2 aromatic heterocycles. The van der Waals surface area contributed by atoms with Crippen molar-refractivity contribution in [1.82, 2.24) is 24.5 Å². The number of nitrogens with one attached hydrogen (secondary N) is 1. The van der Waals surface area contributed by atoms with Crippen LogP contribution in [-0.2, 0) is 9.53 Å². The van der Waals surface area contributed by atoms with E-state index in [4.69, 9.17) is 10.5 Å². The zero-order valence-corrected chi connectivity index (χ0v) is 11.1. The number of rotatable bonds is 5. The Morgan fingerprint density at radius 3 is 2.95 bits per heavy atom. The fourth-order valence-electron chi connectivity index (χ4n) is 1.46. The maximum atomic E-state index is 11.5. The predicted octanol–water partition coefficient (Wildman–Crippen LogP) is 0.00300. The molecule has 0 bridgehead atoms. The van der Waals surface area contributed by atoms with E-state index in [-0.39, 0.29) is 11.9 Å². The van der Waals surface area contributed by atoms with Gasteiger partial charge in [0.05, 0.1) is 6.61 Å². The van der Waals surface area contributed by atoms with Crippen molar-refractivity contribution >= 4 is 17.9 Å². The van der Waals surface area contributed by atoms with E-state index in [1.165, 1.54) is 6.33 Å². The summed E-state index contributed by atoms with van der Waals surface area (Å²) in [5.74, 6) is 0.160. The van der Waals surface area contributed by atoms with Gasteiger partial charge in [-0.1, -0.05) is 0 Å². The highest BCUT2D eigenvalue weighted by atomic mass is 16.5. The topological polar surface area (TPSA) is 121 Å². The van der Waals surface area contributed by atoms with Gasteiger partial charge < -0.3 is 15.8 Å². The first kappa shape index (κ1) is 13.7. The van der Waals surface area contributed by atoms with E-state index in [2.05, 4.69) is 25.3 Å². The number of imidazole rings is 1. The standard InChI is InChI=1S/C11H15N7O2/c1-3-20-8(19)7(2)14-10-15-9(12)16-11(17-10)18-5-4-13-6-18/h4-7H,3H2,1-2H3,(H3,12,14,15,16,17). The quantitative estimate of drug-likeness (QED) is 0.733. The highest BCUT2D eigenvalue weighted by Gasteiger charge is 2.16. The first-order valence-corrected chi connectivity index (χ1v) is 6.03. The van der Waals surface area contributed by atoms with Crippen LogP contribution in [0.2, 0.25) is 0 Å². The molecule has 0 fully saturated rings. The van der Waals surface area contributed by atoms with Crippen LogP contribution >= 0.6 is 0 Å². The van der Waals surface area contributed by atoms with Gasteiger partial charge >= 0.3 is 5.97 Å². The number of nitrogens with two attached hydrogens (primary N) is 1. The first-order valence-electron chi connectivity index (χ1n) is 6.03. The van der Waals surface area contributed by atoms with E-state index in [1.54, 1.807) is 30.8 Å². The van der Waals surface area contributed by atoms with Crippen molar-refractivity contribution in [2.24, 2.45) is 0 Å². The zero-order chi connectivity index (χ0) is 14.5. The van der Waals surface area contributed by atoms with Crippen molar-refractivity contribution < 1.29 is 9.53 Å². The Morgan fingerprint density at radius 2 is 2.30 bits per heavy atom. The number of ether oxygens (including phenoxy) is 1. The monoisotopic (exact) mass is 277 g/mol. The van der Waals surface area contributed by atoms with Crippen LogP contribution in [0, 0.1) is 0 Å². The largest absolute Gasteiger partial charge is 0.464 e. The third-order valence-electron chi connectivity index (χ3n) is 2.36. The molecule has 0 aliphatic rings. The van der Waals surface area contributed by atoms with Crippen molar-refractivity contribution in [2.45, 2.75) is 19.9 Å². The third kappa shape index (κ3) is 3.19. The molecule has 1 unspecified atom stereocenters. The van der Waals surface area contributed by atoms with Gasteiger partial charge in [-0.2, -0.15) is 15.0 Å². The Balaban J connectivity index is 2.18. The van der Waals surface area contributed by atoms with Crippen LogP contribution in [0.5, 0.6) is 0 Å². The SMILES string of the molecule is CCOC(=O)C(C)Nc1nc(N)nc(-n2ccnc2)n1. The molecule has 3 N–H and O–H groups in total. The molecule has 0 amide bonds. The highest BCUT2D eigenvalue weighted by Crippen LogP contribution is 2.08. The van der Waals surface area contributed by atoms with E-state index in [9.17, 15) is 4.79 Å². The average Bonchev–Trinajstić information content (AvgIpc) is 2.92. The van der Waals surface area contributed by atoms with Gasteiger partial charge in [-0.25, -0.2) is 9.78 Å². The van der Waals surface area contributed by atoms with Crippen molar-refractivity contribution in [2.75, 3.05) is 17.7 Å². The van der Waals surface area contributed by atoms with Gasteiger partial charge in [-0.15, -0.1) is 0 Å². The zero-order valence-electron chi connectivity index (χ0n) is 11.1. The van der Waals surface area contributed by atoms with E-state index < -0.39 is 12.0 Å². The fraction of sp³-hybridized carbons (Fsp3) is 0.364. The fourth-order valence-corrected chi connectivity index (χ4v) is 1.46. The lowest BCUT2D eigenvalue weighted by Crippen LogP contribution is -2.29. The van der Waals surface area contributed by atoms with Gasteiger partial charge in [-0.3, -0.25) is 4.57 Å². The van der Waals surface area contributed by atoms with Gasteiger partial charge in [0.1, 0.15) is 12.4 Å². The van der Waals surface area contributed by atoms with Crippen LogP contribution in [0.1, 0.15) is 13.8 Å². The molecule has 106 valence electrons.